The Bertz CT molecular complexity index is 850. The number of aromatic nitrogens is 1. The molecule has 0 aliphatic heterocycles. The molecule has 1 amide bonds. The molecule has 2 N–H and O–H groups in total. The molecule has 0 bridgehead atoms. The molecule has 5 heteroatoms. The molecular weight excluding hydrogens is 281 g/mol. The average molecular weight is 295 g/mol. The Balaban J connectivity index is 1.76. The molecule has 4 nitrogen and oxygen atoms in total. The number of fused-ring (bicyclic) bond motifs is 1. The van der Waals surface area contributed by atoms with Gasteiger partial charge in [-0.3, -0.25) is 4.79 Å². The Morgan fingerprint density at radius 3 is 2.64 bits per heavy atom. The maximum atomic E-state index is 12.8. The third-order valence-electron chi connectivity index (χ3n) is 3.44. The van der Waals surface area contributed by atoms with Crippen LogP contribution in [0.3, 0.4) is 0 Å². The molecule has 3 aromatic rings. The van der Waals surface area contributed by atoms with Gasteiger partial charge in [0, 0.05) is 10.9 Å². The SMILES string of the molecule is Cc1c(C(=O)NN=Cc2ccc(F)cc2)[nH]c2ccccc12. The topological polar surface area (TPSA) is 57.2 Å². The van der Waals surface area contributed by atoms with E-state index >= 15 is 0 Å². The molecule has 1 aromatic heterocycles. The van der Waals surface area contributed by atoms with Crippen LogP contribution in [0.1, 0.15) is 21.6 Å². The van der Waals surface area contributed by atoms with E-state index in [-0.39, 0.29) is 11.7 Å². The molecule has 0 unspecified atom stereocenters. The highest BCUT2D eigenvalue weighted by Crippen LogP contribution is 2.20. The highest BCUT2D eigenvalue weighted by molar-refractivity contribution is 6.01. The van der Waals surface area contributed by atoms with Crippen molar-refractivity contribution in [3.05, 3.63) is 71.2 Å². The molecule has 22 heavy (non-hydrogen) atoms. The largest absolute Gasteiger partial charge is 0.350 e. The number of hydrogen-bond acceptors (Lipinski definition) is 2. The normalized spacial score (nSPS) is 11.2. The fraction of sp³-hybridized carbons (Fsp3) is 0.0588. The van der Waals surface area contributed by atoms with Crippen molar-refractivity contribution in [2.24, 2.45) is 5.10 Å². The maximum absolute atomic E-state index is 12.8. The fourth-order valence-corrected chi connectivity index (χ4v) is 2.28. The van der Waals surface area contributed by atoms with Crippen molar-refractivity contribution in [2.45, 2.75) is 6.92 Å². The Morgan fingerprint density at radius 1 is 1.18 bits per heavy atom. The Morgan fingerprint density at radius 2 is 1.91 bits per heavy atom. The van der Waals surface area contributed by atoms with Crippen LogP contribution < -0.4 is 5.43 Å². The van der Waals surface area contributed by atoms with Crippen LogP contribution in [-0.2, 0) is 0 Å². The lowest BCUT2D eigenvalue weighted by Crippen LogP contribution is -2.18. The van der Waals surface area contributed by atoms with E-state index in [4.69, 9.17) is 0 Å². The molecule has 0 fully saturated rings. The summed E-state index contributed by atoms with van der Waals surface area (Å²) in [6.45, 7) is 1.89. The van der Waals surface area contributed by atoms with E-state index < -0.39 is 0 Å². The van der Waals surface area contributed by atoms with E-state index in [9.17, 15) is 9.18 Å². The molecular formula is C17H14FN3O. The third kappa shape index (κ3) is 2.74. The number of H-pyrrole nitrogens is 1. The first-order valence-electron chi connectivity index (χ1n) is 6.81. The molecule has 2 aromatic carbocycles. The average Bonchev–Trinajstić information content (AvgIpc) is 2.87. The van der Waals surface area contributed by atoms with Crippen molar-refractivity contribution in [3.63, 3.8) is 0 Å². The molecule has 0 atom stereocenters. The summed E-state index contributed by atoms with van der Waals surface area (Å²) in [5.41, 5.74) is 5.45. The Labute approximate surface area is 126 Å². The minimum atomic E-state index is -0.313. The predicted molar refractivity (Wildman–Crippen MR) is 84.5 cm³/mol. The number of carbonyl (C=O) groups excluding carboxylic acids is 1. The lowest BCUT2D eigenvalue weighted by atomic mass is 10.1. The summed E-state index contributed by atoms with van der Waals surface area (Å²) in [6.07, 6.45) is 1.47. The second kappa shape index (κ2) is 5.81. The number of carbonyl (C=O) groups is 1. The van der Waals surface area contributed by atoms with Gasteiger partial charge in [-0.15, -0.1) is 0 Å². The number of nitrogens with one attached hydrogen (secondary N) is 2. The summed E-state index contributed by atoms with van der Waals surface area (Å²) in [7, 11) is 0. The number of hydrazone groups is 1. The smallest absolute Gasteiger partial charge is 0.288 e. The minimum absolute atomic E-state index is 0.310. The van der Waals surface area contributed by atoms with Gasteiger partial charge in [0.2, 0.25) is 0 Å². The zero-order chi connectivity index (χ0) is 15.5. The molecule has 110 valence electrons. The number of benzene rings is 2. The van der Waals surface area contributed by atoms with Crippen molar-refractivity contribution in [2.75, 3.05) is 0 Å². The van der Waals surface area contributed by atoms with E-state index in [1.807, 2.05) is 31.2 Å². The molecule has 0 aliphatic rings. The second-order valence-electron chi connectivity index (χ2n) is 4.92. The highest BCUT2D eigenvalue weighted by atomic mass is 19.1. The highest BCUT2D eigenvalue weighted by Gasteiger charge is 2.13. The maximum Gasteiger partial charge on any atom is 0.288 e. The van der Waals surface area contributed by atoms with E-state index in [1.54, 1.807) is 12.1 Å². The zero-order valence-corrected chi connectivity index (χ0v) is 11.9. The third-order valence-corrected chi connectivity index (χ3v) is 3.44. The van der Waals surface area contributed by atoms with Gasteiger partial charge < -0.3 is 4.98 Å². The summed E-state index contributed by atoms with van der Waals surface area (Å²) in [5.74, 6) is -0.623. The van der Waals surface area contributed by atoms with Gasteiger partial charge in [-0.05, 0) is 36.2 Å². The molecule has 0 saturated carbocycles. The quantitative estimate of drug-likeness (QED) is 0.565. The first-order chi connectivity index (χ1) is 10.6. The lowest BCUT2D eigenvalue weighted by Gasteiger charge is -1.98. The van der Waals surface area contributed by atoms with Crippen LogP contribution in [0.4, 0.5) is 4.39 Å². The molecule has 0 spiro atoms. The van der Waals surface area contributed by atoms with Gasteiger partial charge in [-0.25, -0.2) is 9.82 Å². The monoisotopic (exact) mass is 295 g/mol. The van der Waals surface area contributed by atoms with Gasteiger partial charge in [0.05, 0.1) is 6.21 Å². The van der Waals surface area contributed by atoms with Crippen LogP contribution >= 0.6 is 0 Å². The summed E-state index contributed by atoms with van der Waals surface area (Å²) in [4.78, 5) is 15.2. The number of hydrogen-bond donors (Lipinski definition) is 2. The number of halogens is 1. The molecule has 0 aliphatic carbocycles. The van der Waals surface area contributed by atoms with Crippen LogP contribution in [0, 0.1) is 12.7 Å². The summed E-state index contributed by atoms with van der Waals surface area (Å²) in [6, 6.07) is 13.6. The van der Waals surface area contributed by atoms with Crippen LogP contribution in [0.15, 0.2) is 53.6 Å². The Kier molecular flexibility index (Phi) is 3.70. The van der Waals surface area contributed by atoms with Crippen LogP contribution in [0.2, 0.25) is 0 Å². The van der Waals surface area contributed by atoms with Gasteiger partial charge in [0.25, 0.3) is 5.91 Å². The molecule has 3 rings (SSSR count). The van der Waals surface area contributed by atoms with Crippen molar-refractivity contribution < 1.29 is 9.18 Å². The number of nitrogens with zero attached hydrogens (tertiary/aromatic N) is 1. The number of aromatic amines is 1. The standard InChI is InChI=1S/C17H14FN3O/c1-11-14-4-2-3-5-15(14)20-16(11)17(22)21-19-10-12-6-8-13(18)9-7-12/h2-10,20H,1H3,(H,21,22). The first kappa shape index (κ1) is 14.0. The van der Waals surface area contributed by atoms with E-state index in [1.165, 1.54) is 18.3 Å². The number of amides is 1. The predicted octanol–water partition coefficient (Wildman–Crippen LogP) is 3.38. The molecule has 1 heterocycles. The fourth-order valence-electron chi connectivity index (χ4n) is 2.28. The minimum Gasteiger partial charge on any atom is -0.350 e. The van der Waals surface area contributed by atoms with Crippen molar-refractivity contribution in [1.82, 2.24) is 10.4 Å². The van der Waals surface area contributed by atoms with Gasteiger partial charge in [-0.1, -0.05) is 30.3 Å². The zero-order valence-electron chi connectivity index (χ0n) is 11.9. The number of rotatable bonds is 3. The van der Waals surface area contributed by atoms with Crippen molar-refractivity contribution in [1.29, 1.82) is 0 Å². The number of para-hydroxylation sites is 1. The first-order valence-corrected chi connectivity index (χ1v) is 6.81. The van der Waals surface area contributed by atoms with Crippen molar-refractivity contribution >= 4 is 23.0 Å². The van der Waals surface area contributed by atoms with E-state index in [0.717, 1.165) is 16.5 Å². The van der Waals surface area contributed by atoms with Crippen molar-refractivity contribution in [3.8, 4) is 0 Å². The van der Waals surface area contributed by atoms with Crippen LogP contribution in [0.5, 0.6) is 0 Å². The van der Waals surface area contributed by atoms with E-state index in [0.29, 0.717) is 11.3 Å². The lowest BCUT2D eigenvalue weighted by molar-refractivity contribution is 0.0950. The summed E-state index contributed by atoms with van der Waals surface area (Å²) < 4.78 is 12.8. The molecule has 0 radical (unpaired) electrons. The van der Waals surface area contributed by atoms with Gasteiger partial charge in [-0.2, -0.15) is 5.10 Å². The second-order valence-corrected chi connectivity index (χ2v) is 4.92. The number of aryl methyl sites for hydroxylation is 1. The van der Waals surface area contributed by atoms with Gasteiger partial charge >= 0.3 is 0 Å². The summed E-state index contributed by atoms with van der Waals surface area (Å²) >= 11 is 0. The van der Waals surface area contributed by atoms with Gasteiger partial charge in [0.15, 0.2) is 0 Å². The van der Waals surface area contributed by atoms with Crippen LogP contribution in [-0.4, -0.2) is 17.1 Å². The van der Waals surface area contributed by atoms with E-state index in [2.05, 4.69) is 15.5 Å². The van der Waals surface area contributed by atoms with Crippen LogP contribution in [0.25, 0.3) is 10.9 Å². The molecule has 0 saturated heterocycles. The Hall–Kier alpha value is -2.95. The summed E-state index contributed by atoms with van der Waals surface area (Å²) in [5, 5.41) is 4.90. The van der Waals surface area contributed by atoms with Gasteiger partial charge in [0.1, 0.15) is 11.5 Å².